The topological polar surface area (TPSA) is 15.7 Å². The van der Waals surface area contributed by atoms with E-state index in [9.17, 15) is 0 Å². The minimum Gasteiger partial charge on any atom is -0.458 e. The lowest BCUT2D eigenvalue weighted by Gasteiger charge is -2.62. The maximum Gasteiger partial charge on any atom is 0.256 e. The van der Waals surface area contributed by atoms with E-state index in [1.165, 1.54) is 116 Å². The number of ether oxygens (including phenoxy) is 1. The number of fused-ring (bicyclic) bond motifs is 4. The first-order chi connectivity index (χ1) is 38.5. The monoisotopic (exact) mass is 1040 g/mol. The van der Waals surface area contributed by atoms with E-state index in [-0.39, 0.29) is 28.5 Å². The number of anilines is 5. The summed E-state index contributed by atoms with van der Waals surface area (Å²) >= 11 is 0. The van der Waals surface area contributed by atoms with Crippen LogP contribution in [-0.4, -0.2) is 12.3 Å². The standard InChI is InChI=1S/C76H75BN2O/c1-73(2,3)57-27-25-52(26-28-57)56-40-69-71-70(41-56)80-72-65(55-23-17-12-18-24-55)42-62(78(60-33-29-58(30-34-60)74(4,5)6)61-35-31-59(32-36-61)75(7,8)9)43-67(72)77(71)66-44-63(53-19-13-10-14-20-53)64(54-21-15-11-16-22-54)45-68(66)79(69)76-46-49-37-50(47-76)39-51(38-49)48-76/h10-36,40-45,49-51H,37-39,46-48H2,1-9H3. The molecule has 15 rings (SSSR count). The molecule has 9 aromatic carbocycles. The molecule has 4 fully saturated rings. The van der Waals surface area contributed by atoms with Crippen LogP contribution in [0, 0.1) is 17.8 Å². The SMILES string of the molecule is CC(C)(C)c1ccc(-c2cc3c4c(c2)N(C25CC6CC(CC(C6)C2)C5)c2cc(-c5ccccc5)c(-c5ccccc5)cc2B4c2cc(N(c4ccc(C(C)(C)C)cc4)c4ccc(C(C)(C)C)cc4)cc(-c4ccccc4)c2O3)cc1. The zero-order valence-corrected chi connectivity index (χ0v) is 48.4. The van der Waals surface area contributed by atoms with Crippen molar-refractivity contribution in [3.63, 3.8) is 0 Å². The van der Waals surface area contributed by atoms with E-state index in [1.54, 1.807) is 0 Å². The third kappa shape index (κ3) is 8.71. The van der Waals surface area contributed by atoms with Gasteiger partial charge in [-0.1, -0.05) is 208 Å². The van der Waals surface area contributed by atoms with Crippen LogP contribution in [0.5, 0.6) is 11.5 Å². The van der Waals surface area contributed by atoms with Crippen LogP contribution in [0.2, 0.25) is 0 Å². The van der Waals surface area contributed by atoms with Crippen LogP contribution in [0.4, 0.5) is 28.4 Å². The molecule has 3 nitrogen and oxygen atoms in total. The maximum atomic E-state index is 7.85. The van der Waals surface area contributed by atoms with Gasteiger partial charge in [-0.25, -0.2) is 0 Å². The Balaban J connectivity index is 1.08. The largest absolute Gasteiger partial charge is 0.458 e. The highest BCUT2D eigenvalue weighted by atomic mass is 16.5. The number of hydrogen-bond donors (Lipinski definition) is 0. The van der Waals surface area contributed by atoms with Crippen molar-refractivity contribution in [2.24, 2.45) is 17.8 Å². The number of hydrogen-bond acceptors (Lipinski definition) is 3. The average molecular weight is 1040 g/mol. The minimum atomic E-state index is -0.149. The highest BCUT2D eigenvalue weighted by Gasteiger charge is 2.57. The molecule has 80 heavy (non-hydrogen) atoms. The molecule has 4 bridgehead atoms. The molecule has 2 heterocycles. The van der Waals surface area contributed by atoms with E-state index in [1.807, 2.05) is 0 Å². The van der Waals surface area contributed by atoms with Gasteiger partial charge < -0.3 is 14.5 Å². The van der Waals surface area contributed by atoms with Gasteiger partial charge in [-0.2, -0.15) is 0 Å². The van der Waals surface area contributed by atoms with Gasteiger partial charge in [-0.05, 0) is 199 Å². The van der Waals surface area contributed by atoms with Crippen molar-refractivity contribution in [2.75, 3.05) is 9.80 Å². The fraction of sp³-hybridized carbons (Fsp3) is 0.289. The molecule has 0 amide bonds. The predicted octanol–water partition coefficient (Wildman–Crippen LogP) is 18.8. The molecule has 0 aromatic heterocycles. The maximum absolute atomic E-state index is 7.85. The van der Waals surface area contributed by atoms with Gasteiger partial charge in [0.05, 0.1) is 0 Å². The van der Waals surface area contributed by atoms with Crippen LogP contribution in [0.1, 0.15) is 118 Å². The Morgan fingerprint density at radius 2 is 0.863 bits per heavy atom. The van der Waals surface area contributed by atoms with E-state index in [2.05, 4.69) is 272 Å². The molecule has 0 radical (unpaired) electrons. The first-order valence-electron chi connectivity index (χ1n) is 29.8. The van der Waals surface area contributed by atoms with Crippen LogP contribution in [0.15, 0.2) is 200 Å². The molecule has 0 saturated heterocycles. The average Bonchev–Trinajstić information content (AvgIpc) is 3.59. The van der Waals surface area contributed by atoms with Crippen molar-refractivity contribution in [1.29, 1.82) is 0 Å². The second kappa shape index (κ2) is 18.8. The van der Waals surface area contributed by atoms with E-state index < -0.39 is 0 Å². The zero-order chi connectivity index (χ0) is 54.9. The third-order valence-electron chi connectivity index (χ3n) is 19.1. The number of nitrogens with zero attached hydrogens (tertiary/aromatic N) is 2. The Morgan fingerprint density at radius 1 is 0.412 bits per heavy atom. The normalized spacial score (nSPS) is 19.7. The summed E-state index contributed by atoms with van der Waals surface area (Å²) in [6.45, 7) is 20.6. The smallest absolute Gasteiger partial charge is 0.256 e. The molecule has 4 saturated carbocycles. The molecule has 0 atom stereocenters. The van der Waals surface area contributed by atoms with Crippen molar-refractivity contribution in [1.82, 2.24) is 0 Å². The van der Waals surface area contributed by atoms with Crippen molar-refractivity contribution in [2.45, 2.75) is 123 Å². The first-order valence-corrected chi connectivity index (χ1v) is 29.8. The summed E-state index contributed by atoms with van der Waals surface area (Å²) in [5, 5.41) is 0. The summed E-state index contributed by atoms with van der Waals surface area (Å²) in [4.78, 5) is 5.44. The predicted molar refractivity (Wildman–Crippen MR) is 340 cm³/mol. The van der Waals surface area contributed by atoms with E-state index >= 15 is 0 Å². The fourth-order valence-corrected chi connectivity index (χ4v) is 15.4. The molecule has 2 aliphatic heterocycles. The van der Waals surface area contributed by atoms with Gasteiger partial charge >= 0.3 is 0 Å². The molecule has 6 aliphatic rings. The molecule has 398 valence electrons. The molecule has 4 heteroatoms. The van der Waals surface area contributed by atoms with Gasteiger partial charge in [-0.3, -0.25) is 0 Å². The van der Waals surface area contributed by atoms with Gasteiger partial charge in [0.25, 0.3) is 6.71 Å². The van der Waals surface area contributed by atoms with Crippen molar-refractivity contribution < 1.29 is 4.74 Å². The highest BCUT2D eigenvalue weighted by Crippen LogP contribution is 2.61. The Bertz CT molecular complexity index is 3710. The van der Waals surface area contributed by atoms with E-state index in [0.717, 1.165) is 57.4 Å². The molecule has 9 aromatic rings. The second-order valence-electron chi connectivity index (χ2n) is 27.6. The zero-order valence-electron chi connectivity index (χ0n) is 48.4. The molecule has 0 spiro atoms. The van der Waals surface area contributed by atoms with Crippen molar-refractivity contribution >= 4 is 51.5 Å². The quantitative estimate of drug-likeness (QED) is 0.141. The summed E-state index contributed by atoms with van der Waals surface area (Å²) < 4.78 is 7.85. The Morgan fingerprint density at radius 3 is 1.34 bits per heavy atom. The summed E-state index contributed by atoms with van der Waals surface area (Å²) in [7, 11) is 0. The molecular formula is C76H75BN2O. The molecule has 0 unspecified atom stereocenters. The highest BCUT2D eigenvalue weighted by molar-refractivity contribution is 6.99. The fourth-order valence-electron chi connectivity index (χ4n) is 15.4. The van der Waals surface area contributed by atoms with Crippen LogP contribution in [0.25, 0.3) is 44.5 Å². The molecular weight excluding hydrogens is 968 g/mol. The van der Waals surface area contributed by atoms with Gasteiger partial charge in [-0.15, -0.1) is 0 Å². The Labute approximate surface area is 476 Å². The summed E-state index contributed by atoms with van der Waals surface area (Å²) in [5.74, 6) is 4.13. The lowest BCUT2D eigenvalue weighted by atomic mass is 9.33. The Kier molecular flexibility index (Phi) is 11.9. The summed E-state index contributed by atoms with van der Waals surface area (Å²) in [5.41, 5.74) is 23.5. The van der Waals surface area contributed by atoms with Crippen LogP contribution < -0.4 is 30.9 Å². The lowest BCUT2D eigenvalue weighted by Crippen LogP contribution is -2.66. The summed E-state index contributed by atoms with van der Waals surface area (Å²) in [6.07, 6.45) is 7.79. The number of rotatable bonds is 8. The number of benzene rings is 9. The van der Waals surface area contributed by atoms with Gasteiger partial charge in [0.15, 0.2) is 0 Å². The van der Waals surface area contributed by atoms with Crippen LogP contribution in [0.3, 0.4) is 0 Å². The van der Waals surface area contributed by atoms with Crippen molar-refractivity contribution in [3.05, 3.63) is 217 Å². The van der Waals surface area contributed by atoms with E-state index in [4.69, 9.17) is 4.74 Å². The second-order valence-corrected chi connectivity index (χ2v) is 27.6. The van der Waals surface area contributed by atoms with Crippen LogP contribution >= 0.6 is 0 Å². The minimum absolute atomic E-state index is 0.0135. The van der Waals surface area contributed by atoms with Crippen molar-refractivity contribution in [3.8, 4) is 56.0 Å². The molecule has 0 N–H and O–H groups in total. The first kappa shape index (κ1) is 50.6. The third-order valence-corrected chi connectivity index (χ3v) is 19.1. The molecule has 4 aliphatic carbocycles. The Hall–Kier alpha value is -7.56. The lowest BCUT2D eigenvalue weighted by molar-refractivity contribution is 0.000634. The van der Waals surface area contributed by atoms with Gasteiger partial charge in [0, 0.05) is 39.5 Å². The van der Waals surface area contributed by atoms with Gasteiger partial charge in [0.1, 0.15) is 11.5 Å². The van der Waals surface area contributed by atoms with Gasteiger partial charge in [0.2, 0.25) is 0 Å². The van der Waals surface area contributed by atoms with E-state index in [0.29, 0.717) is 0 Å². The summed E-state index contributed by atoms with van der Waals surface area (Å²) in [6, 6.07) is 76.5. The van der Waals surface area contributed by atoms with Crippen LogP contribution in [-0.2, 0) is 16.2 Å².